The van der Waals surface area contributed by atoms with Gasteiger partial charge in [-0.2, -0.15) is 0 Å². The zero-order chi connectivity index (χ0) is 18.8. The van der Waals surface area contributed by atoms with E-state index in [0.717, 1.165) is 24.9 Å². The van der Waals surface area contributed by atoms with Crippen molar-refractivity contribution in [2.75, 3.05) is 27.3 Å². The maximum Gasteiger partial charge on any atom is 0.261 e. The third-order valence-corrected chi connectivity index (χ3v) is 5.34. The van der Waals surface area contributed by atoms with E-state index in [1.807, 2.05) is 23.1 Å². The topological polar surface area (TPSA) is 54.6 Å². The number of carbonyl (C=O) groups excluding carboxylic acids is 1. The number of rotatable bonds is 4. The zero-order valence-corrected chi connectivity index (χ0v) is 15.7. The summed E-state index contributed by atoms with van der Waals surface area (Å²) in [6.07, 6.45) is 2.04. The van der Waals surface area contributed by atoms with Crippen molar-refractivity contribution in [3.8, 4) is 11.5 Å². The number of aromatic amines is 1. The summed E-state index contributed by atoms with van der Waals surface area (Å²) in [5.41, 5.74) is 2.84. The molecule has 1 aromatic heterocycles. The summed E-state index contributed by atoms with van der Waals surface area (Å²) in [5.74, 6) is 1.36. The van der Waals surface area contributed by atoms with Crippen molar-refractivity contribution in [3.05, 3.63) is 59.8 Å². The third kappa shape index (κ3) is 3.25. The molecular weight excluding hydrogens is 340 g/mol. The number of H-pyrrole nitrogens is 1. The highest BCUT2D eigenvalue weighted by Crippen LogP contribution is 2.33. The van der Waals surface area contributed by atoms with Gasteiger partial charge in [-0.05, 0) is 42.5 Å². The SMILES string of the molecule is COc1cccc(OC)c1C(=O)N1CCCC(c2cc3ccccc3[nH]2)C1. The molecule has 1 amide bonds. The van der Waals surface area contributed by atoms with E-state index in [1.165, 1.54) is 11.1 Å². The monoisotopic (exact) mass is 364 g/mol. The van der Waals surface area contributed by atoms with Crippen LogP contribution < -0.4 is 9.47 Å². The predicted molar refractivity (Wildman–Crippen MR) is 106 cm³/mol. The van der Waals surface area contributed by atoms with Crippen molar-refractivity contribution < 1.29 is 14.3 Å². The van der Waals surface area contributed by atoms with Crippen LogP contribution in [0.25, 0.3) is 10.9 Å². The summed E-state index contributed by atoms with van der Waals surface area (Å²) < 4.78 is 10.8. The molecule has 1 N–H and O–H groups in total. The average Bonchev–Trinajstić information content (AvgIpc) is 3.17. The van der Waals surface area contributed by atoms with Crippen molar-refractivity contribution in [2.24, 2.45) is 0 Å². The first-order chi connectivity index (χ1) is 13.2. The second kappa shape index (κ2) is 7.35. The summed E-state index contributed by atoms with van der Waals surface area (Å²) in [4.78, 5) is 18.7. The first-order valence-corrected chi connectivity index (χ1v) is 9.29. The van der Waals surface area contributed by atoms with Gasteiger partial charge in [0.1, 0.15) is 17.1 Å². The van der Waals surface area contributed by atoms with Gasteiger partial charge in [-0.15, -0.1) is 0 Å². The van der Waals surface area contributed by atoms with Crippen LogP contribution in [0, 0.1) is 0 Å². The molecule has 0 spiro atoms. The number of amides is 1. The Kier molecular flexibility index (Phi) is 4.75. The molecule has 0 saturated carbocycles. The number of hydrogen-bond donors (Lipinski definition) is 1. The second-order valence-corrected chi connectivity index (χ2v) is 6.94. The number of piperidine rings is 1. The van der Waals surface area contributed by atoms with E-state index in [1.54, 1.807) is 26.4 Å². The summed E-state index contributed by atoms with van der Waals surface area (Å²) in [5, 5.41) is 1.21. The lowest BCUT2D eigenvalue weighted by Gasteiger charge is -2.33. The smallest absolute Gasteiger partial charge is 0.261 e. The van der Waals surface area contributed by atoms with Crippen LogP contribution in [0.1, 0.15) is 34.8 Å². The molecule has 5 nitrogen and oxygen atoms in total. The molecule has 1 unspecified atom stereocenters. The number of hydrogen-bond acceptors (Lipinski definition) is 3. The molecule has 1 aliphatic heterocycles. The number of aromatic nitrogens is 1. The molecule has 3 aromatic rings. The Hall–Kier alpha value is -2.95. The van der Waals surface area contributed by atoms with E-state index in [2.05, 4.69) is 23.2 Å². The van der Waals surface area contributed by atoms with Gasteiger partial charge in [-0.25, -0.2) is 0 Å². The van der Waals surface area contributed by atoms with Crippen LogP contribution >= 0.6 is 0 Å². The Labute approximate surface area is 158 Å². The molecule has 5 heteroatoms. The third-order valence-electron chi connectivity index (χ3n) is 5.34. The van der Waals surface area contributed by atoms with Gasteiger partial charge in [0.2, 0.25) is 0 Å². The summed E-state index contributed by atoms with van der Waals surface area (Å²) in [7, 11) is 3.16. The number of ether oxygens (including phenoxy) is 2. The molecular formula is C22H24N2O3. The maximum absolute atomic E-state index is 13.3. The first-order valence-electron chi connectivity index (χ1n) is 9.29. The maximum atomic E-state index is 13.3. The Morgan fingerprint density at radius 1 is 1.07 bits per heavy atom. The fourth-order valence-corrected chi connectivity index (χ4v) is 3.95. The Bertz CT molecular complexity index is 908. The van der Waals surface area contributed by atoms with Crippen molar-refractivity contribution in [1.29, 1.82) is 0 Å². The van der Waals surface area contributed by atoms with Crippen molar-refractivity contribution >= 4 is 16.8 Å². The van der Waals surface area contributed by atoms with Crippen LogP contribution in [0.4, 0.5) is 0 Å². The van der Waals surface area contributed by atoms with Gasteiger partial charge in [-0.1, -0.05) is 24.3 Å². The molecule has 1 atom stereocenters. The molecule has 27 heavy (non-hydrogen) atoms. The predicted octanol–water partition coefficient (Wildman–Crippen LogP) is 4.20. The summed E-state index contributed by atoms with van der Waals surface area (Å²) in [6, 6.07) is 15.9. The molecule has 2 aromatic carbocycles. The van der Waals surface area contributed by atoms with E-state index >= 15 is 0 Å². The normalized spacial score (nSPS) is 17.1. The number of carbonyl (C=O) groups is 1. The van der Waals surface area contributed by atoms with E-state index in [-0.39, 0.29) is 5.91 Å². The van der Waals surface area contributed by atoms with Gasteiger partial charge in [0.25, 0.3) is 5.91 Å². The van der Waals surface area contributed by atoms with E-state index in [9.17, 15) is 4.79 Å². The molecule has 1 saturated heterocycles. The number of nitrogens with zero attached hydrogens (tertiary/aromatic N) is 1. The molecule has 0 bridgehead atoms. The fourth-order valence-electron chi connectivity index (χ4n) is 3.95. The van der Waals surface area contributed by atoms with Gasteiger partial charge < -0.3 is 19.4 Å². The summed E-state index contributed by atoms with van der Waals surface area (Å²) >= 11 is 0. The average molecular weight is 364 g/mol. The van der Waals surface area contributed by atoms with E-state index in [4.69, 9.17) is 9.47 Å². The van der Waals surface area contributed by atoms with Gasteiger partial charge >= 0.3 is 0 Å². The number of para-hydroxylation sites is 1. The van der Waals surface area contributed by atoms with Gasteiger partial charge in [-0.3, -0.25) is 4.79 Å². The largest absolute Gasteiger partial charge is 0.496 e. The van der Waals surface area contributed by atoms with Crippen LogP contribution in [0.2, 0.25) is 0 Å². The minimum atomic E-state index is -0.0369. The second-order valence-electron chi connectivity index (χ2n) is 6.94. The molecule has 0 aliphatic carbocycles. The van der Waals surface area contributed by atoms with Crippen molar-refractivity contribution in [3.63, 3.8) is 0 Å². The number of nitrogens with one attached hydrogen (secondary N) is 1. The van der Waals surface area contributed by atoms with Crippen molar-refractivity contribution in [1.82, 2.24) is 9.88 Å². The van der Waals surface area contributed by atoms with Gasteiger partial charge in [0.15, 0.2) is 0 Å². The number of benzene rings is 2. The van der Waals surface area contributed by atoms with Crippen molar-refractivity contribution in [2.45, 2.75) is 18.8 Å². The Morgan fingerprint density at radius 2 is 1.81 bits per heavy atom. The molecule has 2 heterocycles. The van der Waals surface area contributed by atoms with Gasteiger partial charge in [0, 0.05) is 30.2 Å². The minimum Gasteiger partial charge on any atom is -0.496 e. The lowest BCUT2D eigenvalue weighted by molar-refractivity contribution is 0.0699. The molecule has 0 radical (unpaired) electrons. The van der Waals surface area contributed by atoms with Crippen LogP contribution in [0.15, 0.2) is 48.5 Å². The highest BCUT2D eigenvalue weighted by molar-refractivity contribution is 5.99. The molecule has 140 valence electrons. The van der Waals surface area contributed by atoms with E-state index in [0.29, 0.717) is 29.5 Å². The van der Waals surface area contributed by atoms with Crippen LogP contribution in [-0.4, -0.2) is 43.1 Å². The quantitative estimate of drug-likeness (QED) is 0.755. The lowest BCUT2D eigenvalue weighted by Crippen LogP contribution is -2.39. The Morgan fingerprint density at radius 3 is 2.52 bits per heavy atom. The van der Waals surface area contributed by atoms with Gasteiger partial charge in [0.05, 0.1) is 14.2 Å². The first kappa shape index (κ1) is 17.5. The zero-order valence-electron chi connectivity index (χ0n) is 15.7. The Balaban J connectivity index is 1.61. The van der Waals surface area contributed by atoms with Crippen LogP contribution in [0.5, 0.6) is 11.5 Å². The standard InChI is InChI=1S/C22H24N2O3/c1-26-19-10-5-11-20(27-2)21(19)22(25)24-12-6-8-16(14-24)18-13-15-7-3-4-9-17(15)23-18/h3-5,7,9-11,13,16,23H,6,8,12,14H2,1-2H3. The highest BCUT2D eigenvalue weighted by Gasteiger charge is 2.29. The number of fused-ring (bicyclic) bond motifs is 1. The minimum absolute atomic E-state index is 0.0369. The molecule has 1 fully saturated rings. The molecule has 4 rings (SSSR count). The highest BCUT2D eigenvalue weighted by atomic mass is 16.5. The number of methoxy groups -OCH3 is 2. The summed E-state index contributed by atoms with van der Waals surface area (Å²) in [6.45, 7) is 1.43. The van der Waals surface area contributed by atoms with E-state index < -0.39 is 0 Å². The molecule has 1 aliphatic rings. The number of likely N-dealkylation sites (tertiary alicyclic amines) is 1. The van der Waals surface area contributed by atoms with Crippen LogP contribution in [-0.2, 0) is 0 Å². The fraction of sp³-hybridized carbons (Fsp3) is 0.318. The lowest BCUT2D eigenvalue weighted by atomic mass is 9.94. The van der Waals surface area contributed by atoms with Crippen LogP contribution in [0.3, 0.4) is 0 Å².